The molecule has 0 aromatic carbocycles. The van der Waals surface area contributed by atoms with Gasteiger partial charge in [0.15, 0.2) is 11.5 Å². The van der Waals surface area contributed by atoms with Gasteiger partial charge < -0.3 is 14.4 Å². The molecule has 0 aromatic heterocycles. The summed E-state index contributed by atoms with van der Waals surface area (Å²) < 4.78 is 11.0. The normalized spacial score (nSPS) is 23.9. The molecule has 1 amide bonds. The Labute approximate surface area is 132 Å². The number of amides is 1. The van der Waals surface area contributed by atoms with Gasteiger partial charge in [0, 0.05) is 18.8 Å². The standard InChI is InChI=1S/C17H24N2O3/c1-4-9-22-16(15(5-2)21-3)10-13-11-17(20)19-8-6-7-14(19)12-18-13/h5,10,12,14H,2,4,6-9,11H2,1,3H3/b13-10+,16-15-. The zero-order valence-electron chi connectivity index (χ0n) is 13.4. The fraction of sp³-hybridized carbons (Fsp3) is 0.529. The number of carbonyl (C=O) groups excluding carboxylic acids is 1. The van der Waals surface area contributed by atoms with E-state index in [0.717, 1.165) is 25.8 Å². The first-order chi connectivity index (χ1) is 10.7. The molecule has 1 fully saturated rings. The van der Waals surface area contributed by atoms with Crippen molar-refractivity contribution in [3.05, 3.63) is 35.9 Å². The minimum Gasteiger partial charge on any atom is -0.493 e. The summed E-state index contributed by atoms with van der Waals surface area (Å²) in [6.07, 6.45) is 8.49. The molecule has 22 heavy (non-hydrogen) atoms. The predicted octanol–water partition coefficient (Wildman–Crippen LogP) is 2.81. The molecule has 1 saturated heterocycles. The molecule has 0 aromatic rings. The van der Waals surface area contributed by atoms with Crippen LogP contribution in [0, 0.1) is 0 Å². The maximum Gasteiger partial charge on any atom is 0.229 e. The predicted molar refractivity (Wildman–Crippen MR) is 86.4 cm³/mol. The Bertz CT molecular complexity index is 520. The maximum absolute atomic E-state index is 12.3. The fourth-order valence-corrected chi connectivity index (χ4v) is 2.66. The number of allylic oxidation sites excluding steroid dienone is 2. The minimum atomic E-state index is 0.124. The number of aliphatic imine (C=N–C) groups is 1. The van der Waals surface area contributed by atoms with Crippen LogP contribution in [0.5, 0.6) is 0 Å². The van der Waals surface area contributed by atoms with Crippen LogP contribution in [0.4, 0.5) is 0 Å². The highest BCUT2D eigenvalue weighted by Gasteiger charge is 2.29. The van der Waals surface area contributed by atoms with Crippen LogP contribution in [0.25, 0.3) is 0 Å². The van der Waals surface area contributed by atoms with Crippen molar-refractivity contribution in [2.24, 2.45) is 4.99 Å². The van der Waals surface area contributed by atoms with E-state index in [1.165, 1.54) is 0 Å². The maximum atomic E-state index is 12.3. The molecule has 1 unspecified atom stereocenters. The number of hydrogen-bond donors (Lipinski definition) is 0. The third kappa shape index (κ3) is 3.78. The largest absolute Gasteiger partial charge is 0.493 e. The van der Waals surface area contributed by atoms with Crippen LogP contribution in [0.3, 0.4) is 0 Å². The first-order valence-electron chi connectivity index (χ1n) is 7.77. The molecule has 120 valence electrons. The van der Waals surface area contributed by atoms with Crippen molar-refractivity contribution >= 4 is 12.1 Å². The molecule has 2 heterocycles. The molecule has 1 atom stereocenters. The number of methoxy groups -OCH3 is 1. The van der Waals surface area contributed by atoms with Gasteiger partial charge in [-0.15, -0.1) is 0 Å². The summed E-state index contributed by atoms with van der Waals surface area (Å²) in [6.45, 7) is 7.17. The van der Waals surface area contributed by atoms with Gasteiger partial charge in [-0.3, -0.25) is 9.79 Å². The number of ether oxygens (including phenoxy) is 2. The van der Waals surface area contributed by atoms with E-state index in [1.807, 2.05) is 18.0 Å². The van der Waals surface area contributed by atoms with Gasteiger partial charge in [0.1, 0.15) is 0 Å². The highest BCUT2D eigenvalue weighted by Crippen LogP contribution is 2.24. The summed E-state index contributed by atoms with van der Waals surface area (Å²) in [4.78, 5) is 18.7. The van der Waals surface area contributed by atoms with Gasteiger partial charge in [-0.05, 0) is 25.3 Å². The lowest BCUT2D eigenvalue weighted by Gasteiger charge is -2.18. The van der Waals surface area contributed by atoms with E-state index in [2.05, 4.69) is 11.6 Å². The molecule has 2 rings (SSSR count). The van der Waals surface area contributed by atoms with Gasteiger partial charge in [-0.2, -0.15) is 0 Å². The van der Waals surface area contributed by atoms with E-state index in [0.29, 0.717) is 30.2 Å². The summed E-state index contributed by atoms with van der Waals surface area (Å²) >= 11 is 0. The van der Waals surface area contributed by atoms with Gasteiger partial charge in [0.2, 0.25) is 5.91 Å². The Morgan fingerprint density at radius 1 is 1.55 bits per heavy atom. The van der Waals surface area contributed by atoms with E-state index >= 15 is 0 Å². The molecule has 5 heteroatoms. The Morgan fingerprint density at radius 3 is 3.05 bits per heavy atom. The lowest BCUT2D eigenvalue weighted by Crippen LogP contribution is -2.34. The molecule has 0 spiro atoms. The summed E-state index contributed by atoms with van der Waals surface area (Å²) in [6, 6.07) is 0.142. The van der Waals surface area contributed by atoms with Crippen molar-refractivity contribution in [3.8, 4) is 0 Å². The highest BCUT2D eigenvalue weighted by molar-refractivity contribution is 5.85. The zero-order valence-corrected chi connectivity index (χ0v) is 13.4. The SMILES string of the molecule is C=C/C(OC)=C(\C=C1/CC(=O)N2CCCC2C=N1)OCCC. The van der Waals surface area contributed by atoms with E-state index in [4.69, 9.17) is 9.47 Å². The number of carbonyl (C=O) groups is 1. The average molecular weight is 304 g/mol. The van der Waals surface area contributed by atoms with E-state index in [9.17, 15) is 4.79 Å². The highest BCUT2D eigenvalue weighted by atomic mass is 16.5. The van der Waals surface area contributed by atoms with E-state index < -0.39 is 0 Å². The third-order valence-corrected chi connectivity index (χ3v) is 3.77. The molecule has 2 aliphatic heterocycles. The van der Waals surface area contributed by atoms with Crippen LogP contribution in [0.2, 0.25) is 0 Å². The van der Waals surface area contributed by atoms with E-state index in [1.54, 1.807) is 19.3 Å². The fourth-order valence-electron chi connectivity index (χ4n) is 2.66. The quantitative estimate of drug-likeness (QED) is 0.560. The Morgan fingerprint density at radius 2 is 2.36 bits per heavy atom. The van der Waals surface area contributed by atoms with Gasteiger partial charge in [0.25, 0.3) is 0 Å². The first kappa shape index (κ1) is 16.3. The molecule has 0 radical (unpaired) electrons. The molecule has 5 nitrogen and oxygen atoms in total. The van der Waals surface area contributed by atoms with Gasteiger partial charge in [0.05, 0.1) is 31.9 Å². The second-order valence-corrected chi connectivity index (χ2v) is 5.37. The van der Waals surface area contributed by atoms with Gasteiger partial charge in [-0.25, -0.2) is 0 Å². The van der Waals surface area contributed by atoms with E-state index in [-0.39, 0.29) is 11.9 Å². The summed E-state index contributed by atoms with van der Waals surface area (Å²) in [7, 11) is 1.57. The topological polar surface area (TPSA) is 51.1 Å². The van der Waals surface area contributed by atoms with Gasteiger partial charge in [-0.1, -0.05) is 13.5 Å². The van der Waals surface area contributed by atoms with Gasteiger partial charge >= 0.3 is 0 Å². The Hall–Kier alpha value is -2.04. The molecule has 0 aliphatic carbocycles. The summed E-state index contributed by atoms with van der Waals surface area (Å²) in [5, 5.41) is 0. The molecule has 2 aliphatic rings. The summed E-state index contributed by atoms with van der Waals surface area (Å²) in [5.74, 6) is 1.24. The number of nitrogens with zero attached hydrogens (tertiary/aromatic N) is 2. The van der Waals surface area contributed by atoms with Crippen molar-refractivity contribution in [3.63, 3.8) is 0 Å². The first-order valence-corrected chi connectivity index (χ1v) is 7.77. The number of fused-ring (bicyclic) bond motifs is 1. The van der Waals surface area contributed by atoms with Crippen molar-refractivity contribution < 1.29 is 14.3 Å². The van der Waals surface area contributed by atoms with Crippen LogP contribution < -0.4 is 0 Å². The number of hydrogen-bond acceptors (Lipinski definition) is 4. The molecule has 0 bridgehead atoms. The summed E-state index contributed by atoms with van der Waals surface area (Å²) in [5.41, 5.74) is 0.696. The zero-order chi connectivity index (χ0) is 15.9. The average Bonchev–Trinajstić information content (AvgIpc) is 2.94. The lowest BCUT2D eigenvalue weighted by molar-refractivity contribution is -0.130. The second kappa shape index (κ2) is 7.82. The van der Waals surface area contributed by atoms with Crippen molar-refractivity contribution in [1.82, 2.24) is 4.90 Å². The van der Waals surface area contributed by atoms with Crippen LogP contribution in [-0.2, 0) is 14.3 Å². The second-order valence-electron chi connectivity index (χ2n) is 5.37. The molecular formula is C17H24N2O3. The minimum absolute atomic E-state index is 0.124. The van der Waals surface area contributed by atoms with Crippen LogP contribution in [0.15, 0.2) is 40.9 Å². The smallest absolute Gasteiger partial charge is 0.229 e. The van der Waals surface area contributed by atoms with Crippen LogP contribution in [0.1, 0.15) is 32.6 Å². The van der Waals surface area contributed by atoms with Crippen molar-refractivity contribution in [2.45, 2.75) is 38.6 Å². The lowest BCUT2D eigenvalue weighted by atomic mass is 10.2. The number of rotatable bonds is 6. The van der Waals surface area contributed by atoms with Crippen LogP contribution >= 0.6 is 0 Å². The van der Waals surface area contributed by atoms with Crippen molar-refractivity contribution in [1.29, 1.82) is 0 Å². The van der Waals surface area contributed by atoms with Crippen LogP contribution in [-0.4, -0.2) is 43.3 Å². The molecular weight excluding hydrogens is 280 g/mol. The van der Waals surface area contributed by atoms with Crippen molar-refractivity contribution in [2.75, 3.05) is 20.3 Å². The molecule has 0 saturated carbocycles. The monoisotopic (exact) mass is 304 g/mol. The molecule has 0 N–H and O–H groups in total. The third-order valence-electron chi connectivity index (χ3n) is 3.77. The Balaban J connectivity index is 2.25. The Kier molecular flexibility index (Phi) is 5.81.